The van der Waals surface area contributed by atoms with Crippen molar-refractivity contribution in [3.8, 4) is 0 Å². The summed E-state index contributed by atoms with van der Waals surface area (Å²) in [5.74, 6) is 0.0155. The summed E-state index contributed by atoms with van der Waals surface area (Å²) >= 11 is 0. The van der Waals surface area contributed by atoms with Crippen LogP contribution in [0.25, 0.3) is 0 Å². The fourth-order valence-electron chi connectivity index (χ4n) is 3.95. The summed E-state index contributed by atoms with van der Waals surface area (Å²) in [6.07, 6.45) is 5.28. The fourth-order valence-corrected chi connectivity index (χ4v) is 3.95. The van der Waals surface area contributed by atoms with E-state index in [0.29, 0.717) is 12.1 Å². The Morgan fingerprint density at radius 3 is 2.50 bits per heavy atom. The third-order valence-corrected chi connectivity index (χ3v) is 5.37. The lowest BCUT2D eigenvalue weighted by atomic mass is 9.93. The third-order valence-electron chi connectivity index (χ3n) is 5.37. The lowest BCUT2D eigenvalue weighted by Crippen LogP contribution is -2.44. The van der Waals surface area contributed by atoms with Gasteiger partial charge in [-0.15, -0.1) is 12.4 Å². The molecule has 1 saturated carbocycles. The Labute approximate surface area is 136 Å². The minimum absolute atomic E-state index is 0. The van der Waals surface area contributed by atoms with Gasteiger partial charge in [-0.3, -0.25) is 4.79 Å². The van der Waals surface area contributed by atoms with Crippen LogP contribution in [-0.2, 0) is 10.2 Å². The second-order valence-corrected chi connectivity index (χ2v) is 6.77. The van der Waals surface area contributed by atoms with Crippen molar-refractivity contribution in [3.63, 3.8) is 0 Å². The van der Waals surface area contributed by atoms with E-state index in [1.165, 1.54) is 25.0 Å². The van der Waals surface area contributed by atoms with Crippen molar-refractivity contribution >= 4 is 18.3 Å². The Kier molecular flexibility index (Phi) is 4.17. The maximum absolute atomic E-state index is 13.1. The second-order valence-electron chi connectivity index (χ2n) is 6.77. The van der Waals surface area contributed by atoms with Crippen LogP contribution in [0.15, 0.2) is 24.3 Å². The van der Waals surface area contributed by atoms with Gasteiger partial charge in [0.05, 0.1) is 5.41 Å². The average Bonchev–Trinajstić information content (AvgIpc) is 3.20. The van der Waals surface area contributed by atoms with E-state index in [1.54, 1.807) is 12.1 Å². The normalized spacial score (nSPS) is 28.7. The number of likely N-dealkylation sites (tertiary alicyclic amines) is 1. The van der Waals surface area contributed by atoms with Gasteiger partial charge in [-0.05, 0) is 49.8 Å². The van der Waals surface area contributed by atoms with Crippen LogP contribution in [-0.4, -0.2) is 36.0 Å². The van der Waals surface area contributed by atoms with Crippen molar-refractivity contribution in [2.24, 2.45) is 0 Å². The number of carbonyl (C=O) groups is 1. The van der Waals surface area contributed by atoms with E-state index in [0.717, 1.165) is 37.9 Å². The van der Waals surface area contributed by atoms with E-state index in [-0.39, 0.29) is 29.5 Å². The van der Waals surface area contributed by atoms with Crippen LogP contribution in [0.2, 0.25) is 0 Å². The van der Waals surface area contributed by atoms with Gasteiger partial charge in [-0.2, -0.15) is 0 Å². The number of hydrogen-bond acceptors (Lipinski definition) is 2. The topological polar surface area (TPSA) is 32.3 Å². The Bertz CT molecular complexity index is 558. The molecule has 1 amide bonds. The predicted octanol–water partition coefficient (Wildman–Crippen LogP) is 2.63. The van der Waals surface area contributed by atoms with E-state index in [1.807, 2.05) is 4.90 Å². The SMILES string of the molecule is Cl.O=C(N1CCC2CCC(C1)N2)C1(c2ccc(F)cc2)CC1. The average molecular weight is 325 g/mol. The maximum Gasteiger partial charge on any atom is 0.233 e. The number of halogens is 2. The number of nitrogens with one attached hydrogen (secondary N) is 1. The first-order valence-corrected chi connectivity index (χ1v) is 7.99. The highest BCUT2D eigenvalue weighted by atomic mass is 35.5. The quantitative estimate of drug-likeness (QED) is 0.907. The van der Waals surface area contributed by atoms with Crippen molar-refractivity contribution in [1.29, 1.82) is 0 Å². The number of carbonyl (C=O) groups excluding carboxylic acids is 1. The van der Waals surface area contributed by atoms with Gasteiger partial charge in [0.25, 0.3) is 0 Å². The van der Waals surface area contributed by atoms with Crippen LogP contribution in [0.3, 0.4) is 0 Å². The van der Waals surface area contributed by atoms with Gasteiger partial charge >= 0.3 is 0 Å². The van der Waals surface area contributed by atoms with Crippen LogP contribution < -0.4 is 5.32 Å². The Balaban J connectivity index is 0.00000144. The first-order chi connectivity index (χ1) is 10.2. The number of amides is 1. The lowest BCUT2D eigenvalue weighted by Gasteiger charge is -2.29. The number of hydrogen-bond donors (Lipinski definition) is 1. The van der Waals surface area contributed by atoms with Crippen molar-refractivity contribution in [2.75, 3.05) is 13.1 Å². The molecular formula is C17H22ClFN2O. The third kappa shape index (κ3) is 2.63. The molecule has 1 aliphatic carbocycles. The van der Waals surface area contributed by atoms with Crippen molar-refractivity contribution in [1.82, 2.24) is 10.2 Å². The molecule has 4 rings (SSSR count). The van der Waals surface area contributed by atoms with E-state index in [9.17, 15) is 9.18 Å². The van der Waals surface area contributed by atoms with Gasteiger partial charge in [-0.25, -0.2) is 4.39 Å². The minimum atomic E-state index is -0.364. The van der Waals surface area contributed by atoms with Crippen LogP contribution in [0.1, 0.15) is 37.7 Å². The molecule has 3 nitrogen and oxygen atoms in total. The summed E-state index contributed by atoms with van der Waals surface area (Å²) in [4.78, 5) is 15.0. The highest BCUT2D eigenvalue weighted by Gasteiger charge is 2.53. The summed E-state index contributed by atoms with van der Waals surface area (Å²) in [6, 6.07) is 7.55. The van der Waals surface area contributed by atoms with Crippen LogP contribution in [0.5, 0.6) is 0 Å². The number of nitrogens with zero attached hydrogens (tertiary/aromatic N) is 1. The first-order valence-electron chi connectivity index (χ1n) is 7.99. The van der Waals surface area contributed by atoms with E-state index < -0.39 is 0 Å². The minimum Gasteiger partial charge on any atom is -0.340 e. The van der Waals surface area contributed by atoms with Gasteiger partial charge in [-0.1, -0.05) is 12.1 Å². The Morgan fingerprint density at radius 1 is 1.14 bits per heavy atom. The van der Waals surface area contributed by atoms with Gasteiger partial charge in [0.15, 0.2) is 0 Å². The Morgan fingerprint density at radius 2 is 1.82 bits per heavy atom. The van der Waals surface area contributed by atoms with Crippen LogP contribution >= 0.6 is 12.4 Å². The molecule has 0 spiro atoms. The number of benzene rings is 1. The molecule has 2 heterocycles. The zero-order chi connectivity index (χ0) is 14.4. The molecule has 120 valence electrons. The van der Waals surface area contributed by atoms with Crippen LogP contribution in [0, 0.1) is 5.82 Å². The summed E-state index contributed by atoms with van der Waals surface area (Å²) in [5, 5.41) is 3.61. The molecule has 1 N–H and O–H groups in total. The van der Waals surface area contributed by atoms with Gasteiger partial charge in [0, 0.05) is 25.2 Å². The summed E-state index contributed by atoms with van der Waals surface area (Å²) in [6.45, 7) is 1.69. The molecule has 5 heteroatoms. The van der Waals surface area contributed by atoms with Crippen molar-refractivity contribution in [2.45, 2.75) is 49.6 Å². The monoisotopic (exact) mass is 324 g/mol. The van der Waals surface area contributed by atoms with Crippen LogP contribution in [0.4, 0.5) is 4.39 Å². The molecule has 22 heavy (non-hydrogen) atoms. The van der Waals surface area contributed by atoms with Gasteiger partial charge < -0.3 is 10.2 Å². The molecule has 2 saturated heterocycles. The highest BCUT2D eigenvalue weighted by molar-refractivity contribution is 5.91. The molecule has 3 aliphatic rings. The smallest absolute Gasteiger partial charge is 0.233 e. The fraction of sp³-hybridized carbons (Fsp3) is 0.588. The molecule has 1 aromatic carbocycles. The molecule has 2 unspecified atom stereocenters. The maximum atomic E-state index is 13.1. The summed E-state index contributed by atoms with van der Waals surface area (Å²) in [7, 11) is 0. The van der Waals surface area contributed by atoms with E-state index >= 15 is 0 Å². The first kappa shape index (κ1) is 15.8. The number of rotatable bonds is 2. The molecule has 0 radical (unpaired) electrons. The molecular weight excluding hydrogens is 303 g/mol. The van der Waals surface area contributed by atoms with E-state index in [4.69, 9.17) is 0 Å². The largest absolute Gasteiger partial charge is 0.340 e. The Hall–Kier alpha value is -1.13. The zero-order valence-corrected chi connectivity index (χ0v) is 13.4. The molecule has 2 aliphatic heterocycles. The standard InChI is InChI=1S/C17H21FN2O.ClH/c18-13-3-1-12(2-4-13)17(8-9-17)16(21)20-10-7-14-5-6-15(11-20)19-14;/h1-4,14-15,19H,5-11H2;1H. The highest BCUT2D eigenvalue weighted by Crippen LogP contribution is 2.49. The molecule has 1 aromatic rings. The van der Waals surface area contributed by atoms with Crippen molar-refractivity contribution in [3.05, 3.63) is 35.6 Å². The summed E-state index contributed by atoms with van der Waals surface area (Å²) in [5.41, 5.74) is 0.619. The summed E-state index contributed by atoms with van der Waals surface area (Å²) < 4.78 is 13.1. The van der Waals surface area contributed by atoms with Crippen molar-refractivity contribution < 1.29 is 9.18 Å². The van der Waals surface area contributed by atoms with E-state index in [2.05, 4.69) is 5.32 Å². The van der Waals surface area contributed by atoms with Gasteiger partial charge in [0.1, 0.15) is 5.82 Å². The lowest BCUT2D eigenvalue weighted by molar-refractivity contribution is -0.134. The molecule has 2 atom stereocenters. The molecule has 3 fully saturated rings. The second kappa shape index (κ2) is 5.82. The number of fused-ring (bicyclic) bond motifs is 2. The zero-order valence-electron chi connectivity index (χ0n) is 12.6. The van der Waals surface area contributed by atoms with Gasteiger partial charge in [0.2, 0.25) is 5.91 Å². The predicted molar refractivity (Wildman–Crippen MR) is 85.7 cm³/mol. The molecule has 0 aromatic heterocycles. The molecule has 2 bridgehead atoms.